The zero-order chi connectivity index (χ0) is 20.1. The van der Waals surface area contributed by atoms with Gasteiger partial charge in [-0.3, -0.25) is 4.79 Å². The van der Waals surface area contributed by atoms with Crippen LogP contribution in [-0.4, -0.2) is 39.5 Å². The second-order valence-electron chi connectivity index (χ2n) is 6.87. The highest BCUT2D eigenvalue weighted by molar-refractivity contribution is 5.81. The number of aliphatic hydroxyl groups excluding tert-OH is 1. The van der Waals surface area contributed by atoms with Crippen molar-refractivity contribution in [3.63, 3.8) is 0 Å². The molecule has 27 heavy (non-hydrogen) atoms. The summed E-state index contributed by atoms with van der Waals surface area (Å²) < 4.78 is 36.4. The maximum Gasteiger partial charge on any atom is 0.471 e. The number of carbonyl (C=O) groups excluding carboxylic acids is 1. The average Bonchev–Trinajstić information content (AvgIpc) is 2.60. The van der Waals surface area contributed by atoms with Gasteiger partial charge in [0, 0.05) is 12.1 Å². The van der Waals surface area contributed by atoms with E-state index in [0.717, 1.165) is 19.3 Å². The number of amides is 1. The Hall–Kier alpha value is -2.06. The zero-order valence-corrected chi connectivity index (χ0v) is 14.8. The van der Waals surface area contributed by atoms with Crippen molar-refractivity contribution in [2.24, 2.45) is 0 Å². The predicted octanol–water partition coefficient (Wildman–Crippen LogP) is 3.20. The highest BCUT2D eigenvalue weighted by atomic mass is 19.4. The van der Waals surface area contributed by atoms with E-state index in [-0.39, 0.29) is 17.7 Å². The third kappa shape index (κ3) is 6.25. The monoisotopic (exact) mass is 387 g/mol. The molecule has 0 bridgehead atoms. The Morgan fingerprint density at radius 1 is 1.26 bits per heavy atom. The van der Waals surface area contributed by atoms with E-state index in [0.29, 0.717) is 18.4 Å². The molecule has 1 aromatic rings. The van der Waals surface area contributed by atoms with Gasteiger partial charge in [-0.1, -0.05) is 37.5 Å². The fraction of sp³-hybridized carbons (Fsp3) is 0.526. The van der Waals surface area contributed by atoms with Gasteiger partial charge >= 0.3 is 12.1 Å². The molecule has 1 amide bonds. The summed E-state index contributed by atoms with van der Waals surface area (Å²) in [5.74, 6) is -2.27. The Balaban J connectivity index is 2.00. The third-order valence-electron chi connectivity index (χ3n) is 4.68. The van der Waals surface area contributed by atoms with Crippen LogP contribution in [0.25, 0.3) is 6.08 Å². The van der Waals surface area contributed by atoms with E-state index in [2.05, 4.69) is 0 Å². The minimum atomic E-state index is -4.98. The molecule has 1 saturated carbocycles. The first-order chi connectivity index (χ1) is 12.6. The van der Waals surface area contributed by atoms with Gasteiger partial charge in [-0.15, -0.1) is 0 Å². The minimum Gasteiger partial charge on any atom is -0.508 e. The van der Waals surface area contributed by atoms with Gasteiger partial charge in [-0.2, -0.15) is 13.2 Å². The molecule has 0 aliphatic heterocycles. The summed E-state index contributed by atoms with van der Waals surface area (Å²) in [6, 6.07) is 4.49. The number of halogens is 3. The first kappa shape index (κ1) is 21.2. The van der Waals surface area contributed by atoms with Gasteiger partial charge in [-0.25, -0.2) is 0 Å². The molecular formula is C19H24F3NO4. The third-order valence-corrected chi connectivity index (χ3v) is 4.68. The van der Waals surface area contributed by atoms with Crippen LogP contribution in [0.3, 0.4) is 0 Å². The Bertz CT molecular complexity index is 682. The number of hydrogen-bond donors (Lipinski definition) is 4. The Kier molecular flexibility index (Phi) is 6.89. The van der Waals surface area contributed by atoms with Gasteiger partial charge in [0.2, 0.25) is 0 Å². The van der Waals surface area contributed by atoms with Gasteiger partial charge in [0.1, 0.15) is 5.75 Å². The van der Waals surface area contributed by atoms with Crippen LogP contribution >= 0.6 is 0 Å². The number of phenols is 1. The van der Waals surface area contributed by atoms with Crippen molar-refractivity contribution >= 4 is 12.0 Å². The van der Waals surface area contributed by atoms with Crippen LogP contribution in [0.4, 0.5) is 13.2 Å². The fourth-order valence-electron chi connectivity index (χ4n) is 3.10. The predicted molar refractivity (Wildman–Crippen MR) is 93.8 cm³/mol. The molecule has 1 unspecified atom stereocenters. The maximum absolute atomic E-state index is 12.1. The normalized spacial score (nSPS) is 18.4. The van der Waals surface area contributed by atoms with Gasteiger partial charge in [0.25, 0.3) is 0 Å². The number of aromatic hydroxyl groups is 1. The highest BCUT2D eigenvalue weighted by Crippen LogP contribution is 2.31. The molecule has 4 N–H and O–H groups in total. The molecule has 1 aliphatic rings. The first-order valence-corrected chi connectivity index (χ1v) is 8.88. The molecule has 1 aromatic carbocycles. The molecule has 0 aromatic heterocycles. The van der Waals surface area contributed by atoms with Crippen molar-refractivity contribution < 1.29 is 33.3 Å². The summed E-state index contributed by atoms with van der Waals surface area (Å²) in [6.45, 7) is -0.390. The van der Waals surface area contributed by atoms with E-state index in [1.54, 1.807) is 23.5 Å². The van der Waals surface area contributed by atoms with E-state index >= 15 is 0 Å². The molecular weight excluding hydrogens is 363 g/mol. The molecule has 1 fully saturated rings. The summed E-state index contributed by atoms with van der Waals surface area (Å²) >= 11 is 0. The number of aliphatic hydroxyl groups is 2. The molecule has 0 radical (unpaired) electrons. The van der Waals surface area contributed by atoms with Crippen LogP contribution in [0, 0.1) is 0 Å². The number of nitrogens with one attached hydrogen (secondary N) is 1. The second kappa shape index (κ2) is 8.75. The van der Waals surface area contributed by atoms with E-state index in [4.69, 9.17) is 0 Å². The molecule has 0 heterocycles. The number of rotatable bonds is 6. The Labute approximate surface area is 155 Å². The van der Waals surface area contributed by atoms with Gasteiger partial charge in [0.05, 0.1) is 11.7 Å². The van der Waals surface area contributed by atoms with Gasteiger partial charge in [-0.05, 0) is 37.0 Å². The SMILES string of the molecule is O=C(NCCC(O)c1cc(/C=C/C2(O)CCCCC2)ccc1O)C(F)(F)F. The lowest BCUT2D eigenvalue weighted by atomic mass is 9.84. The molecule has 8 heteroatoms. The number of alkyl halides is 3. The van der Waals surface area contributed by atoms with Crippen LogP contribution in [0.15, 0.2) is 24.3 Å². The second-order valence-corrected chi connectivity index (χ2v) is 6.87. The molecule has 5 nitrogen and oxygen atoms in total. The summed E-state index contributed by atoms with van der Waals surface area (Å²) in [5, 5.41) is 32.2. The summed E-state index contributed by atoms with van der Waals surface area (Å²) in [5.41, 5.74) is -0.0780. The smallest absolute Gasteiger partial charge is 0.471 e. The van der Waals surface area contributed by atoms with Crippen molar-refractivity contribution in [2.45, 2.75) is 56.4 Å². The Morgan fingerprint density at radius 2 is 1.93 bits per heavy atom. The van der Waals surface area contributed by atoms with E-state index in [9.17, 15) is 33.3 Å². The number of benzene rings is 1. The lowest BCUT2D eigenvalue weighted by Crippen LogP contribution is -2.37. The highest BCUT2D eigenvalue weighted by Gasteiger charge is 2.38. The van der Waals surface area contributed by atoms with Gasteiger partial charge < -0.3 is 20.6 Å². The summed E-state index contributed by atoms with van der Waals surface area (Å²) in [4.78, 5) is 10.8. The van der Waals surface area contributed by atoms with E-state index < -0.39 is 30.3 Å². The van der Waals surface area contributed by atoms with E-state index in [1.165, 1.54) is 12.1 Å². The van der Waals surface area contributed by atoms with Crippen molar-refractivity contribution in [1.29, 1.82) is 0 Å². The van der Waals surface area contributed by atoms with Crippen molar-refractivity contribution in [1.82, 2.24) is 5.32 Å². The minimum absolute atomic E-state index is 0.147. The quantitative estimate of drug-likeness (QED) is 0.604. The topological polar surface area (TPSA) is 89.8 Å². The van der Waals surface area contributed by atoms with Crippen LogP contribution in [-0.2, 0) is 4.79 Å². The summed E-state index contributed by atoms with van der Waals surface area (Å²) in [7, 11) is 0. The zero-order valence-electron chi connectivity index (χ0n) is 14.8. The van der Waals surface area contributed by atoms with Crippen molar-refractivity contribution in [3.8, 4) is 5.75 Å². The Morgan fingerprint density at radius 3 is 2.56 bits per heavy atom. The lowest BCUT2D eigenvalue weighted by molar-refractivity contribution is -0.173. The number of carbonyl (C=O) groups is 1. The van der Waals surface area contributed by atoms with Crippen LogP contribution in [0.1, 0.15) is 55.8 Å². The fourth-order valence-corrected chi connectivity index (χ4v) is 3.10. The largest absolute Gasteiger partial charge is 0.508 e. The van der Waals surface area contributed by atoms with E-state index in [1.807, 2.05) is 0 Å². The number of hydrogen-bond acceptors (Lipinski definition) is 4. The van der Waals surface area contributed by atoms with Crippen molar-refractivity contribution in [2.75, 3.05) is 6.54 Å². The van der Waals surface area contributed by atoms with Crippen LogP contribution in [0.5, 0.6) is 5.75 Å². The maximum atomic E-state index is 12.1. The molecule has 150 valence electrons. The van der Waals surface area contributed by atoms with Crippen LogP contribution < -0.4 is 5.32 Å². The summed E-state index contributed by atoms with van der Waals surface area (Å²) in [6.07, 6.45) is 1.34. The number of phenolic OH excluding ortho intramolecular Hbond substituents is 1. The first-order valence-electron chi connectivity index (χ1n) is 8.88. The molecule has 0 spiro atoms. The molecule has 2 rings (SSSR count). The lowest BCUT2D eigenvalue weighted by Gasteiger charge is -2.28. The molecule has 1 aliphatic carbocycles. The average molecular weight is 387 g/mol. The standard InChI is InChI=1S/C19H24F3NO4/c20-19(21,22)17(26)23-11-7-16(25)14-12-13(4-5-15(14)24)6-10-18(27)8-2-1-3-9-18/h4-6,10,12,16,24-25,27H,1-3,7-9,11H2,(H,23,26)/b10-6+. The molecule has 1 atom stereocenters. The molecule has 0 saturated heterocycles. The van der Waals surface area contributed by atoms with Crippen molar-refractivity contribution in [3.05, 3.63) is 35.4 Å². The van der Waals surface area contributed by atoms with Crippen LogP contribution in [0.2, 0.25) is 0 Å². The van der Waals surface area contributed by atoms with Gasteiger partial charge in [0.15, 0.2) is 0 Å².